The van der Waals surface area contributed by atoms with Crippen LogP contribution >= 0.6 is 0 Å². The first-order valence-electron chi connectivity index (χ1n) is 12.7. The van der Waals surface area contributed by atoms with Crippen molar-refractivity contribution in [1.82, 2.24) is 10.2 Å². The maximum atomic E-state index is 14.0. The molecule has 202 valence electrons. The van der Waals surface area contributed by atoms with Crippen LogP contribution in [0.25, 0.3) is 0 Å². The molecule has 0 saturated heterocycles. The summed E-state index contributed by atoms with van der Waals surface area (Å²) in [6.45, 7) is 9.17. The highest BCUT2D eigenvalue weighted by molar-refractivity contribution is 7.92. The van der Waals surface area contributed by atoms with Crippen LogP contribution in [-0.4, -0.2) is 44.8 Å². The summed E-state index contributed by atoms with van der Waals surface area (Å²) in [6, 6.07) is 18.9. The highest BCUT2D eigenvalue weighted by atomic mass is 32.2. The number of aryl methyl sites for hydroxylation is 3. The Bertz CT molecular complexity index is 1380. The van der Waals surface area contributed by atoms with E-state index in [0.717, 1.165) is 27.8 Å². The molecule has 38 heavy (non-hydrogen) atoms. The second kappa shape index (κ2) is 12.3. The molecule has 0 bridgehead atoms. The maximum Gasteiger partial charge on any atom is 0.264 e. The van der Waals surface area contributed by atoms with Gasteiger partial charge in [0, 0.05) is 13.6 Å². The van der Waals surface area contributed by atoms with Gasteiger partial charge in [-0.15, -0.1) is 0 Å². The number of nitrogens with zero attached hydrogens (tertiary/aromatic N) is 2. The quantitative estimate of drug-likeness (QED) is 0.409. The van der Waals surface area contributed by atoms with E-state index < -0.39 is 28.5 Å². The number of hydrogen-bond donors (Lipinski definition) is 1. The summed E-state index contributed by atoms with van der Waals surface area (Å²) in [5.74, 6) is -0.759. The molecule has 3 rings (SSSR count). The number of likely N-dealkylation sites (N-methyl/N-ethyl adjacent to an activating group) is 1. The Labute approximate surface area is 226 Å². The van der Waals surface area contributed by atoms with Gasteiger partial charge in [-0.25, -0.2) is 8.42 Å². The van der Waals surface area contributed by atoms with Crippen molar-refractivity contribution in [3.63, 3.8) is 0 Å². The zero-order valence-corrected chi connectivity index (χ0v) is 23.8. The van der Waals surface area contributed by atoms with Crippen LogP contribution in [0.3, 0.4) is 0 Å². The van der Waals surface area contributed by atoms with Crippen LogP contribution < -0.4 is 9.62 Å². The van der Waals surface area contributed by atoms with E-state index in [0.29, 0.717) is 12.1 Å². The summed E-state index contributed by atoms with van der Waals surface area (Å²) >= 11 is 0. The fraction of sp³-hybridized carbons (Fsp3) is 0.333. The third-order valence-electron chi connectivity index (χ3n) is 6.84. The Morgan fingerprint density at radius 1 is 0.868 bits per heavy atom. The van der Waals surface area contributed by atoms with Crippen LogP contribution in [0.5, 0.6) is 0 Å². The fourth-order valence-corrected chi connectivity index (χ4v) is 5.80. The molecule has 0 radical (unpaired) electrons. The molecular formula is C30H37N3O4S. The van der Waals surface area contributed by atoms with E-state index in [9.17, 15) is 18.0 Å². The summed E-state index contributed by atoms with van der Waals surface area (Å²) in [4.78, 5) is 28.4. The standard InChI is InChI=1S/C30H37N3O4S/c1-7-27(30(35)31-6)32(19-25-15-11-21(2)12-16-25)29(34)20-33(28-10-8-9-23(4)24(28)5)38(36,37)26-17-13-22(3)14-18-26/h8-18,27H,7,19-20H2,1-6H3,(H,31,35)/t27-/m1/s1. The average Bonchev–Trinajstić information content (AvgIpc) is 2.90. The number of carbonyl (C=O) groups is 2. The number of rotatable bonds is 10. The molecule has 8 heteroatoms. The average molecular weight is 536 g/mol. The van der Waals surface area contributed by atoms with Crippen molar-refractivity contribution in [2.45, 2.75) is 58.5 Å². The van der Waals surface area contributed by atoms with Crippen LogP contribution in [0.1, 0.15) is 41.2 Å². The van der Waals surface area contributed by atoms with E-state index in [1.54, 1.807) is 36.4 Å². The van der Waals surface area contributed by atoms with Gasteiger partial charge in [0.15, 0.2) is 0 Å². The molecule has 1 atom stereocenters. The Morgan fingerprint density at radius 2 is 1.45 bits per heavy atom. The molecule has 0 saturated carbocycles. The second-order valence-corrected chi connectivity index (χ2v) is 11.5. The Hall–Kier alpha value is -3.65. The first kappa shape index (κ1) is 28.9. The van der Waals surface area contributed by atoms with Crippen LogP contribution in [0, 0.1) is 27.7 Å². The minimum Gasteiger partial charge on any atom is -0.357 e. The zero-order chi connectivity index (χ0) is 28.0. The van der Waals surface area contributed by atoms with Gasteiger partial charge in [-0.1, -0.05) is 66.6 Å². The van der Waals surface area contributed by atoms with E-state index in [2.05, 4.69) is 5.32 Å². The minimum atomic E-state index is -4.09. The highest BCUT2D eigenvalue weighted by Crippen LogP contribution is 2.29. The van der Waals surface area contributed by atoms with E-state index in [4.69, 9.17) is 0 Å². The van der Waals surface area contributed by atoms with Gasteiger partial charge in [0.2, 0.25) is 11.8 Å². The normalized spacial score (nSPS) is 12.1. The number of nitrogens with one attached hydrogen (secondary N) is 1. The molecule has 3 aromatic rings. The topological polar surface area (TPSA) is 86.8 Å². The number of hydrogen-bond acceptors (Lipinski definition) is 4. The molecule has 7 nitrogen and oxygen atoms in total. The third kappa shape index (κ3) is 6.42. The molecule has 0 aromatic heterocycles. The molecule has 0 aliphatic carbocycles. The monoisotopic (exact) mass is 535 g/mol. The molecule has 1 N–H and O–H groups in total. The fourth-order valence-electron chi connectivity index (χ4n) is 4.33. The van der Waals surface area contributed by atoms with Gasteiger partial charge in [-0.2, -0.15) is 0 Å². The van der Waals surface area contributed by atoms with Gasteiger partial charge in [0.05, 0.1) is 10.6 Å². The SMILES string of the molecule is CC[C@H](C(=O)NC)N(Cc1ccc(C)cc1)C(=O)CN(c1cccc(C)c1C)S(=O)(=O)c1ccc(C)cc1. The molecule has 0 spiro atoms. The summed E-state index contributed by atoms with van der Waals surface area (Å²) in [6.07, 6.45) is 0.380. The molecule has 0 aliphatic heterocycles. The zero-order valence-electron chi connectivity index (χ0n) is 23.0. The van der Waals surface area contributed by atoms with E-state index >= 15 is 0 Å². The predicted molar refractivity (Wildman–Crippen MR) is 152 cm³/mol. The molecule has 0 fully saturated rings. The largest absolute Gasteiger partial charge is 0.357 e. The van der Waals surface area contributed by atoms with Crippen LogP contribution in [-0.2, 0) is 26.2 Å². The molecule has 0 unspecified atom stereocenters. The van der Waals surface area contributed by atoms with Gasteiger partial charge in [-0.05, 0) is 69.0 Å². The first-order valence-corrected chi connectivity index (χ1v) is 14.2. The van der Waals surface area contributed by atoms with Crippen molar-refractivity contribution < 1.29 is 18.0 Å². The smallest absolute Gasteiger partial charge is 0.264 e. The van der Waals surface area contributed by atoms with Crippen molar-refractivity contribution in [2.24, 2.45) is 0 Å². The molecule has 0 aliphatic rings. The molecular weight excluding hydrogens is 498 g/mol. The van der Waals surface area contributed by atoms with Crippen molar-refractivity contribution in [1.29, 1.82) is 0 Å². The van der Waals surface area contributed by atoms with Crippen molar-refractivity contribution in [2.75, 3.05) is 17.9 Å². The van der Waals surface area contributed by atoms with Crippen molar-refractivity contribution >= 4 is 27.5 Å². The summed E-state index contributed by atoms with van der Waals surface area (Å²) < 4.78 is 29.1. The van der Waals surface area contributed by atoms with Gasteiger partial charge < -0.3 is 10.2 Å². The Morgan fingerprint density at radius 3 is 2.00 bits per heavy atom. The Balaban J connectivity index is 2.10. The first-order chi connectivity index (χ1) is 18.0. The third-order valence-corrected chi connectivity index (χ3v) is 8.61. The summed E-state index contributed by atoms with van der Waals surface area (Å²) in [7, 11) is -2.56. The summed E-state index contributed by atoms with van der Waals surface area (Å²) in [5.41, 5.74) is 4.97. The highest BCUT2D eigenvalue weighted by Gasteiger charge is 2.34. The van der Waals surface area contributed by atoms with E-state index in [-0.39, 0.29) is 17.3 Å². The molecule has 0 heterocycles. The number of carbonyl (C=O) groups excluding carboxylic acids is 2. The van der Waals surface area contributed by atoms with Crippen LogP contribution in [0.4, 0.5) is 5.69 Å². The van der Waals surface area contributed by atoms with Crippen LogP contribution in [0.2, 0.25) is 0 Å². The van der Waals surface area contributed by atoms with Crippen molar-refractivity contribution in [3.05, 3.63) is 94.5 Å². The van der Waals surface area contributed by atoms with Crippen molar-refractivity contribution in [3.8, 4) is 0 Å². The van der Waals surface area contributed by atoms with E-state index in [1.165, 1.54) is 16.3 Å². The predicted octanol–water partition coefficient (Wildman–Crippen LogP) is 4.67. The van der Waals surface area contributed by atoms with Gasteiger partial charge in [0.1, 0.15) is 12.6 Å². The maximum absolute atomic E-state index is 14.0. The lowest BCUT2D eigenvalue weighted by atomic mass is 10.1. The van der Waals surface area contributed by atoms with Crippen LogP contribution in [0.15, 0.2) is 71.6 Å². The lowest BCUT2D eigenvalue weighted by molar-refractivity contribution is -0.140. The lowest BCUT2D eigenvalue weighted by Crippen LogP contribution is -2.51. The molecule has 3 aromatic carbocycles. The second-order valence-electron chi connectivity index (χ2n) is 9.59. The van der Waals surface area contributed by atoms with Gasteiger partial charge in [0.25, 0.3) is 10.0 Å². The molecule has 2 amide bonds. The lowest BCUT2D eigenvalue weighted by Gasteiger charge is -2.33. The van der Waals surface area contributed by atoms with Gasteiger partial charge >= 0.3 is 0 Å². The number of anilines is 1. The summed E-state index contributed by atoms with van der Waals surface area (Å²) in [5, 5.41) is 2.64. The number of amides is 2. The van der Waals surface area contributed by atoms with Gasteiger partial charge in [-0.3, -0.25) is 13.9 Å². The number of sulfonamides is 1. The number of benzene rings is 3. The minimum absolute atomic E-state index is 0.0974. The Kier molecular flexibility index (Phi) is 9.33. The van der Waals surface area contributed by atoms with E-state index in [1.807, 2.05) is 65.0 Å².